The maximum atomic E-state index is 11.8. The Bertz CT molecular complexity index is 446. The van der Waals surface area contributed by atoms with Gasteiger partial charge in [-0.1, -0.05) is 18.2 Å². The van der Waals surface area contributed by atoms with Crippen molar-refractivity contribution >= 4 is 11.9 Å². The van der Waals surface area contributed by atoms with E-state index in [-0.39, 0.29) is 17.2 Å². The molecule has 7 nitrogen and oxygen atoms in total. The molecule has 0 heterocycles. The first-order chi connectivity index (χ1) is 8.56. The van der Waals surface area contributed by atoms with Crippen LogP contribution in [0, 0.1) is 10.1 Å². The summed E-state index contributed by atoms with van der Waals surface area (Å²) in [5, 5.41) is 10.1. The van der Waals surface area contributed by atoms with E-state index in [2.05, 4.69) is 4.74 Å². The second-order valence-electron chi connectivity index (χ2n) is 3.27. The van der Waals surface area contributed by atoms with Crippen LogP contribution in [0.2, 0.25) is 0 Å². The van der Waals surface area contributed by atoms with Gasteiger partial charge in [0.1, 0.15) is 0 Å². The van der Waals surface area contributed by atoms with E-state index < -0.39 is 23.5 Å². The number of rotatable bonds is 5. The van der Waals surface area contributed by atoms with Crippen LogP contribution in [0.25, 0.3) is 0 Å². The van der Waals surface area contributed by atoms with Crippen molar-refractivity contribution in [2.75, 3.05) is 13.2 Å². The average Bonchev–Trinajstić information content (AvgIpc) is 2.36. The molecule has 0 saturated carbocycles. The molecule has 0 unspecified atom stereocenters. The molecule has 0 aliphatic rings. The largest absolute Gasteiger partial charge is 0.464 e. The van der Waals surface area contributed by atoms with Crippen LogP contribution in [0.1, 0.15) is 17.3 Å². The minimum absolute atomic E-state index is 0.101. The minimum Gasteiger partial charge on any atom is -0.464 e. The predicted octanol–water partition coefficient (Wildman–Crippen LogP) is 0.884. The van der Waals surface area contributed by atoms with Crippen LogP contribution in [0.15, 0.2) is 30.3 Å². The number of amides is 1. The number of carbonyl (C=O) groups excluding carboxylic acids is 2. The maximum absolute atomic E-state index is 11.8. The monoisotopic (exact) mass is 252 g/mol. The Morgan fingerprint density at radius 2 is 1.94 bits per heavy atom. The summed E-state index contributed by atoms with van der Waals surface area (Å²) in [6.45, 7) is 0.964. The molecule has 0 aliphatic heterocycles. The number of esters is 1. The Hall–Kier alpha value is -2.44. The first kappa shape index (κ1) is 13.6. The quantitative estimate of drug-likeness (QED) is 0.441. The van der Waals surface area contributed by atoms with E-state index in [1.807, 2.05) is 0 Å². The van der Waals surface area contributed by atoms with Crippen LogP contribution in [-0.4, -0.2) is 35.1 Å². The third-order valence-corrected chi connectivity index (χ3v) is 2.04. The Morgan fingerprint density at radius 3 is 2.44 bits per heavy atom. The van der Waals surface area contributed by atoms with Gasteiger partial charge in [0, 0.05) is 5.56 Å². The molecule has 0 N–H and O–H groups in total. The lowest BCUT2D eigenvalue weighted by Crippen LogP contribution is -2.40. The van der Waals surface area contributed by atoms with Crippen LogP contribution in [0.4, 0.5) is 0 Å². The molecule has 0 atom stereocenters. The van der Waals surface area contributed by atoms with Crippen LogP contribution >= 0.6 is 0 Å². The Balaban J connectivity index is 2.83. The Kier molecular flexibility index (Phi) is 4.79. The lowest BCUT2D eigenvalue weighted by molar-refractivity contribution is -0.629. The molecule has 0 radical (unpaired) electrons. The highest BCUT2D eigenvalue weighted by Gasteiger charge is 2.28. The fraction of sp³-hybridized carbons (Fsp3) is 0.273. The van der Waals surface area contributed by atoms with Gasteiger partial charge in [-0.3, -0.25) is 4.79 Å². The van der Waals surface area contributed by atoms with E-state index in [4.69, 9.17) is 0 Å². The van der Waals surface area contributed by atoms with Gasteiger partial charge in [0.2, 0.25) is 0 Å². The first-order valence-electron chi connectivity index (χ1n) is 5.23. The fourth-order valence-electron chi connectivity index (χ4n) is 1.26. The van der Waals surface area contributed by atoms with E-state index in [0.29, 0.717) is 0 Å². The lowest BCUT2D eigenvalue weighted by atomic mass is 10.2. The molecule has 7 heteroatoms. The maximum Gasteiger partial charge on any atom is 0.332 e. The highest BCUT2D eigenvalue weighted by atomic mass is 16.7. The van der Waals surface area contributed by atoms with E-state index in [1.54, 1.807) is 25.1 Å². The summed E-state index contributed by atoms with van der Waals surface area (Å²) in [7, 11) is 0. The van der Waals surface area contributed by atoms with Gasteiger partial charge in [0.25, 0.3) is 0 Å². The molecule has 0 spiro atoms. The molecular weight excluding hydrogens is 240 g/mol. The topological polar surface area (TPSA) is 89.8 Å². The molecular formula is C11H12N2O5. The number of benzene rings is 1. The van der Waals surface area contributed by atoms with E-state index in [0.717, 1.165) is 0 Å². The highest BCUT2D eigenvalue weighted by Crippen LogP contribution is 2.05. The summed E-state index contributed by atoms with van der Waals surface area (Å²) >= 11 is 0. The van der Waals surface area contributed by atoms with Crippen LogP contribution in [-0.2, 0) is 9.53 Å². The zero-order valence-electron chi connectivity index (χ0n) is 9.74. The van der Waals surface area contributed by atoms with E-state index in [9.17, 15) is 19.7 Å². The van der Waals surface area contributed by atoms with Crippen molar-refractivity contribution in [3.8, 4) is 0 Å². The standard InChI is InChI=1S/C11H12N2O5/c1-2-18-10(14)8-12(13(16)17)11(15)9-6-4-3-5-7-9/h3-7H,2,8H2,1H3. The summed E-state index contributed by atoms with van der Waals surface area (Å²) in [6, 6.07) is 7.71. The average molecular weight is 252 g/mol. The van der Waals surface area contributed by atoms with Crippen molar-refractivity contribution in [1.29, 1.82) is 0 Å². The molecule has 0 saturated heterocycles. The van der Waals surface area contributed by atoms with Crippen molar-refractivity contribution in [3.63, 3.8) is 0 Å². The number of hydrogen-bond acceptors (Lipinski definition) is 5. The summed E-state index contributed by atoms with van der Waals surface area (Å²) in [5.74, 6) is -1.67. The van der Waals surface area contributed by atoms with Gasteiger partial charge in [-0.05, 0) is 24.1 Å². The van der Waals surface area contributed by atoms with Crippen molar-refractivity contribution in [2.45, 2.75) is 6.92 Å². The molecule has 0 aromatic heterocycles. The van der Waals surface area contributed by atoms with Gasteiger partial charge < -0.3 is 4.74 Å². The van der Waals surface area contributed by atoms with Crippen LogP contribution in [0.3, 0.4) is 0 Å². The smallest absolute Gasteiger partial charge is 0.332 e. The Morgan fingerprint density at radius 1 is 1.33 bits per heavy atom. The van der Waals surface area contributed by atoms with Gasteiger partial charge in [-0.15, -0.1) is 0 Å². The lowest BCUT2D eigenvalue weighted by Gasteiger charge is -2.11. The number of hydrogen-bond donors (Lipinski definition) is 0. The molecule has 1 aromatic rings. The fourth-order valence-corrected chi connectivity index (χ4v) is 1.26. The van der Waals surface area contributed by atoms with Gasteiger partial charge in [0.15, 0.2) is 11.6 Å². The molecule has 0 aliphatic carbocycles. The molecule has 96 valence electrons. The van der Waals surface area contributed by atoms with E-state index >= 15 is 0 Å². The summed E-state index contributed by atoms with van der Waals surface area (Å²) in [6.07, 6.45) is 0. The van der Waals surface area contributed by atoms with Crippen LogP contribution in [0.5, 0.6) is 0 Å². The zero-order valence-corrected chi connectivity index (χ0v) is 9.74. The SMILES string of the molecule is CCOC(=O)CN(C(=O)c1ccccc1)[N+](=O)[O-]. The molecule has 0 fully saturated rings. The number of ether oxygens (including phenoxy) is 1. The number of nitrogens with zero attached hydrogens (tertiary/aromatic N) is 2. The third-order valence-electron chi connectivity index (χ3n) is 2.04. The molecule has 1 rings (SSSR count). The van der Waals surface area contributed by atoms with Crippen molar-refractivity contribution < 1.29 is 19.4 Å². The van der Waals surface area contributed by atoms with Gasteiger partial charge in [0.05, 0.1) is 6.61 Å². The van der Waals surface area contributed by atoms with Crippen LogP contribution < -0.4 is 0 Å². The number of carbonyl (C=O) groups is 2. The molecule has 18 heavy (non-hydrogen) atoms. The van der Waals surface area contributed by atoms with Crippen molar-refractivity contribution in [3.05, 3.63) is 46.0 Å². The second kappa shape index (κ2) is 6.33. The zero-order chi connectivity index (χ0) is 13.5. The number of nitro groups is 1. The number of hydrazine groups is 1. The molecule has 1 amide bonds. The Labute approximate surface area is 103 Å². The molecule has 1 aromatic carbocycles. The minimum atomic E-state index is -0.924. The van der Waals surface area contributed by atoms with Crippen molar-refractivity contribution in [1.82, 2.24) is 5.01 Å². The second-order valence-corrected chi connectivity index (χ2v) is 3.27. The first-order valence-corrected chi connectivity index (χ1v) is 5.23. The van der Waals surface area contributed by atoms with Crippen molar-refractivity contribution in [2.24, 2.45) is 0 Å². The third kappa shape index (κ3) is 3.55. The normalized spacial score (nSPS) is 9.61. The summed E-state index contributed by atoms with van der Waals surface area (Å²) in [5.41, 5.74) is 0.137. The van der Waals surface area contributed by atoms with E-state index in [1.165, 1.54) is 12.1 Å². The van der Waals surface area contributed by atoms with Gasteiger partial charge in [-0.25, -0.2) is 14.9 Å². The van der Waals surface area contributed by atoms with Gasteiger partial charge in [-0.2, -0.15) is 0 Å². The molecule has 0 bridgehead atoms. The highest BCUT2D eigenvalue weighted by molar-refractivity contribution is 5.95. The summed E-state index contributed by atoms with van der Waals surface area (Å²) in [4.78, 5) is 33.7. The summed E-state index contributed by atoms with van der Waals surface area (Å²) < 4.78 is 4.57. The predicted molar refractivity (Wildman–Crippen MR) is 61.1 cm³/mol. The van der Waals surface area contributed by atoms with Gasteiger partial charge >= 0.3 is 11.9 Å².